The third-order valence-corrected chi connectivity index (χ3v) is 4.49. The number of carboxylic acid groups (broad SMARTS) is 1. The summed E-state index contributed by atoms with van der Waals surface area (Å²) < 4.78 is 5.24. The monoisotopic (exact) mass is 371 g/mol. The predicted octanol–water partition coefficient (Wildman–Crippen LogP) is 3.60. The minimum atomic E-state index is -1.12. The molecule has 7 heteroatoms. The number of carbonyl (C=O) groups is 2. The molecule has 1 heterocycles. The lowest BCUT2D eigenvalue weighted by molar-refractivity contribution is -0.151. The highest BCUT2D eigenvalue weighted by Crippen LogP contribution is 2.34. The molecule has 0 aliphatic heterocycles. The van der Waals surface area contributed by atoms with Crippen LogP contribution in [0.25, 0.3) is 0 Å². The molecule has 7 nitrogen and oxygen atoms in total. The van der Waals surface area contributed by atoms with Crippen molar-refractivity contribution in [2.45, 2.75) is 45.4 Å². The fraction of sp³-hybridized carbons (Fsp3) is 0.400. The maximum Gasteiger partial charge on any atom is 0.318 e. The summed E-state index contributed by atoms with van der Waals surface area (Å²) in [4.78, 5) is 32.5. The van der Waals surface area contributed by atoms with Crippen LogP contribution in [0.5, 0.6) is 0 Å². The first-order valence-corrected chi connectivity index (χ1v) is 8.97. The molecule has 2 aromatic rings. The van der Waals surface area contributed by atoms with Crippen molar-refractivity contribution in [1.29, 1.82) is 0 Å². The number of rotatable bonds is 9. The number of nitrogens with one attached hydrogen (secondary N) is 1. The molecule has 0 amide bonds. The molecule has 2 rings (SSSR count). The lowest BCUT2D eigenvalue weighted by Crippen LogP contribution is -2.38. The van der Waals surface area contributed by atoms with Gasteiger partial charge in [-0.3, -0.25) is 9.59 Å². The van der Waals surface area contributed by atoms with Gasteiger partial charge in [-0.1, -0.05) is 24.6 Å². The van der Waals surface area contributed by atoms with Crippen LogP contribution < -0.4 is 5.32 Å². The Morgan fingerprint density at radius 2 is 1.89 bits per heavy atom. The smallest absolute Gasteiger partial charge is 0.318 e. The van der Waals surface area contributed by atoms with Crippen molar-refractivity contribution in [3.8, 4) is 0 Å². The molecule has 0 saturated carbocycles. The van der Waals surface area contributed by atoms with Gasteiger partial charge in [0, 0.05) is 18.3 Å². The third kappa shape index (κ3) is 5.03. The molecule has 0 bridgehead atoms. The Morgan fingerprint density at radius 1 is 1.19 bits per heavy atom. The van der Waals surface area contributed by atoms with Gasteiger partial charge in [0.2, 0.25) is 5.95 Å². The number of anilines is 2. The van der Waals surface area contributed by atoms with Crippen LogP contribution >= 0.6 is 0 Å². The zero-order valence-corrected chi connectivity index (χ0v) is 15.9. The summed E-state index contributed by atoms with van der Waals surface area (Å²) in [5, 5.41) is 12.2. The van der Waals surface area contributed by atoms with E-state index in [-0.39, 0.29) is 19.4 Å². The van der Waals surface area contributed by atoms with E-state index >= 15 is 0 Å². The molecular weight excluding hydrogens is 346 g/mol. The van der Waals surface area contributed by atoms with Gasteiger partial charge in [-0.15, -0.1) is 0 Å². The highest BCUT2D eigenvalue weighted by atomic mass is 16.5. The Morgan fingerprint density at radius 3 is 2.48 bits per heavy atom. The summed E-state index contributed by atoms with van der Waals surface area (Å²) in [5.74, 6) is -1.09. The molecule has 1 aromatic carbocycles. The van der Waals surface area contributed by atoms with Crippen LogP contribution in [0, 0.1) is 6.92 Å². The SMILES string of the molecule is CCOC(=O)C(CC)(CCC(=O)O)c1ccnc(Nc2ccc(C)cc2)n1. The molecule has 1 unspecified atom stereocenters. The van der Waals surface area contributed by atoms with E-state index in [1.165, 1.54) is 0 Å². The molecule has 0 aliphatic carbocycles. The zero-order chi connectivity index (χ0) is 19.9. The van der Waals surface area contributed by atoms with Crippen molar-refractivity contribution in [2.75, 3.05) is 11.9 Å². The van der Waals surface area contributed by atoms with E-state index in [0.29, 0.717) is 18.1 Å². The molecule has 0 fully saturated rings. The standard InChI is InChI=1S/C20H25N3O4/c1-4-20(12-10-17(24)25,18(26)27-5-2)16-11-13-21-19(23-16)22-15-8-6-14(3)7-9-15/h6-9,11,13H,4-5,10,12H2,1-3H3,(H,24,25)(H,21,22,23). The first-order valence-electron chi connectivity index (χ1n) is 8.97. The molecule has 27 heavy (non-hydrogen) atoms. The number of aromatic nitrogens is 2. The van der Waals surface area contributed by atoms with Gasteiger partial charge in [0.1, 0.15) is 5.41 Å². The number of aryl methyl sites for hydroxylation is 1. The van der Waals surface area contributed by atoms with E-state index in [4.69, 9.17) is 9.84 Å². The van der Waals surface area contributed by atoms with Crippen LogP contribution in [0.3, 0.4) is 0 Å². The lowest BCUT2D eigenvalue weighted by atomic mass is 9.77. The van der Waals surface area contributed by atoms with Gasteiger partial charge in [-0.2, -0.15) is 0 Å². The molecule has 1 atom stereocenters. The van der Waals surface area contributed by atoms with E-state index < -0.39 is 17.4 Å². The second kappa shape index (κ2) is 9.12. The Hall–Kier alpha value is -2.96. The summed E-state index contributed by atoms with van der Waals surface area (Å²) in [5.41, 5.74) is 1.29. The lowest BCUT2D eigenvalue weighted by Gasteiger charge is -2.29. The number of benzene rings is 1. The molecule has 0 spiro atoms. The zero-order valence-electron chi connectivity index (χ0n) is 15.9. The van der Waals surface area contributed by atoms with Crippen LogP contribution in [0.15, 0.2) is 36.5 Å². The fourth-order valence-corrected chi connectivity index (χ4v) is 2.88. The van der Waals surface area contributed by atoms with E-state index in [1.54, 1.807) is 19.2 Å². The number of ether oxygens (including phenoxy) is 1. The molecule has 0 aliphatic rings. The van der Waals surface area contributed by atoms with Gasteiger partial charge >= 0.3 is 11.9 Å². The van der Waals surface area contributed by atoms with Gasteiger partial charge < -0.3 is 15.2 Å². The molecule has 144 valence electrons. The number of hydrogen-bond acceptors (Lipinski definition) is 6. The van der Waals surface area contributed by atoms with Crippen LogP contribution in [0.1, 0.15) is 44.4 Å². The van der Waals surface area contributed by atoms with Crippen LogP contribution in [0.2, 0.25) is 0 Å². The van der Waals surface area contributed by atoms with E-state index in [0.717, 1.165) is 11.3 Å². The van der Waals surface area contributed by atoms with Crippen molar-refractivity contribution >= 4 is 23.6 Å². The van der Waals surface area contributed by atoms with E-state index in [1.807, 2.05) is 38.1 Å². The first kappa shape index (κ1) is 20.4. The molecular formula is C20H25N3O4. The first-order chi connectivity index (χ1) is 12.9. The second-order valence-corrected chi connectivity index (χ2v) is 6.31. The third-order valence-electron chi connectivity index (χ3n) is 4.49. The Bertz CT molecular complexity index is 792. The maximum absolute atomic E-state index is 12.7. The van der Waals surface area contributed by atoms with Crippen molar-refractivity contribution in [2.24, 2.45) is 0 Å². The average molecular weight is 371 g/mol. The number of esters is 1. The van der Waals surface area contributed by atoms with Crippen LogP contribution in [-0.2, 0) is 19.7 Å². The Balaban J connectivity index is 2.37. The number of aliphatic carboxylic acids is 1. The fourth-order valence-electron chi connectivity index (χ4n) is 2.88. The van der Waals surface area contributed by atoms with E-state index in [9.17, 15) is 9.59 Å². The summed E-state index contributed by atoms with van der Waals surface area (Å²) in [7, 11) is 0. The van der Waals surface area contributed by atoms with Gasteiger partial charge in [0.05, 0.1) is 12.3 Å². The summed E-state index contributed by atoms with van der Waals surface area (Å²) >= 11 is 0. The number of carbonyl (C=O) groups excluding carboxylic acids is 1. The van der Waals surface area contributed by atoms with Crippen molar-refractivity contribution < 1.29 is 19.4 Å². The summed E-state index contributed by atoms with van der Waals surface area (Å²) in [6, 6.07) is 9.40. The predicted molar refractivity (Wildman–Crippen MR) is 102 cm³/mol. The Kier molecular flexibility index (Phi) is 6.87. The summed E-state index contributed by atoms with van der Waals surface area (Å²) in [6.45, 7) is 5.76. The quantitative estimate of drug-likeness (QED) is 0.649. The highest BCUT2D eigenvalue weighted by Gasteiger charge is 2.42. The topological polar surface area (TPSA) is 101 Å². The molecule has 2 N–H and O–H groups in total. The molecule has 0 saturated heterocycles. The minimum Gasteiger partial charge on any atom is -0.481 e. The molecule has 1 aromatic heterocycles. The normalized spacial score (nSPS) is 12.9. The van der Waals surface area contributed by atoms with E-state index in [2.05, 4.69) is 15.3 Å². The van der Waals surface area contributed by atoms with Crippen molar-refractivity contribution in [1.82, 2.24) is 9.97 Å². The Labute approximate surface area is 158 Å². The number of hydrogen-bond donors (Lipinski definition) is 2. The van der Waals surface area contributed by atoms with Gasteiger partial charge in [0.25, 0.3) is 0 Å². The van der Waals surface area contributed by atoms with Crippen molar-refractivity contribution in [3.05, 3.63) is 47.8 Å². The second-order valence-electron chi connectivity index (χ2n) is 6.31. The van der Waals surface area contributed by atoms with Crippen LogP contribution in [0.4, 0.5) is 11.6 Å². The van der Waals surface area contributed by atoms with Gasteiger partial charge in [-0.05, 0) is 44.9 Å². The van der Waals surface area contributed by atoms with Crippen LogP contribution in [-0.4, -0.2) is 33.6 Å². The molecule has 0 radical (unpaired) electrons. The maximum atomic E-state index is 12.7. The van der Waals surface area contributed by atoms with Gasteiger partial charge in [0.15, 0.2) is 0 Å². The minimum absolute atomic E-state index is 0.110. The van der Waals surface area contributed by atoms with Crippen molar-refractivity contribution in [3.63, 3.8) is 0 Å². The summed E-state index contributed by atoms with van der Waals surface area (Å²) in [6.07, 6.45) is 1.89. The van der Waals surface area contributed by atoms with Gasteiger partial charge in [-0.25, -0.2) is 9.97 Å². The number of carboxylic acids is 1. The largest absolute Gasteiger partial charge is 0.481 e. The number of nitrogens with zero attached hydrogens (tertiary/aromatic N) is 2. The average Bonchev–Trinajstić information content (AvgIpc) is 2.65. The highest BCUT2D eigenvalue weighted by molar-refractivity contribution is 5.83.